The lowest BCUT2D eigenvalue weighted by Crippen LogP contribution is -2.16. The van der Waals surface area contributed by atoms with Crippen LogP contribution in [0.4, 0.5) is 10.1 Å². The Morgan fingerprint density at radius 2 is 1.75 bits per heavy atom. The highest BCUT2D eigenvalue weighted by atomic mass is 35.5. The predicted octanol–water partition coefficient (Wildman–Crippen LogP) is 5.07. The van der Waals surface area contributed by atoms with Crippen LogP contribution in [0.5, 0.6) is 0 Å². The first-order valence-electron chi connectivity index (χ1n) is 5.41. The number of benzene rings is 2. The normalized spacial score (nSPS) is 11.4. The number of nitro groups is 1. The molecule has 104 valence electrons. The van der Waals surface area contributed by atoms with Gasteiger partial charge in [-0.05, 0) is 18.2 Å². The monoisotopic (exact) mass is 333 g/mol. The molecular formula is C13H7Cl3FNO2. The van der Waals surface area contributed by atoms with Crippen LogP contribution < -0.4 is 0 Å². The minimum atomic E-state index is -1.89. The number of rotatable bonds is 3. The molecule has 7 heteroatoms. The summed E-state index contributed by atoms with van der Waals surface area (Å²) in [5.74, 6) is -0.651. The van der Waals surface area contributed by atoms with Gasteiger partial charge in [0.1, 0.15) is 5.82 Å². The van der Waals surface area contributed by atoms with Gasteiger partial charge >= 0.3 is 0 Å². The summed E-state index contributed by atoms with van der Waals surface area (Å²) < 4.78 is 11.9. The van der Waals surface area contributed by atoms with Crippen LogP contribution in [-0.2, 0) is 4.33 Å². The molecule has 0 aromatic heterocycles. The SMILES string of the molecule is O=[N+]([O-])c1cc(Cl)ccc1C(Cl)(Cl)c1ccccc1F. The zero-order valence-electron chi connectivity index (χ0n) is 9.82. The fourth-order valence-electron chi connectivity index (χ4n) is 1.78. The first-order chi connectivity index (χ1) is 9.34. The summed E-state index contributed by atoms with van der Waals surface area (Å²) in [5, 5.41) is 11.2. The van der Waals surface area contributed by atoms with Crippen molar-refractivity contribution in [1.82, 2.24) is 0 Å². The quantitative estimate of drug-likeness (QED) is 0.447. The summed E-state index contributed by atoms with van der Waals surface area (Å²) in [4.78, 5) is 10.4. The lowest BCUT2D eigenvalue weighted by atomic mass is 10.0. The minimum Gasteiger partial charge on any atom is -0.258 e. The van der Waals surface area contributed by atoms with Crippen LogP contribution in [0.2, 0.25) is 5.02 Å². The molecule has 0 spiro atoms. The Morgan fingerprint density at radius 1 is 1.10 bits per heavy atom. The average Bonchev–Trinajstić information content (AvgIpc) is 2.38. The van der Waals surface area contributed by atoms with Gasteiger partial charge in [0, 0.05) is 16.7 Å². The standard InChI is InChI=1S/C13H7Cl3FNO2/c14-8-5-6-10(12(7-8)18(19)20)13(15,16)9-3-1-2-4-11(9)17/h1-7H. The maximum Gasteiger partial charge on any atom is 0.277 e. The van der Waals surface area contributed by atoms with Crippen molar-refractivity contribution in [3.8, 4) is 0 Å². The van der Waals surface area contributed by atoms with Crippen molar-refractivity contribution in [2.45, 2.75) is 4.33 Å². The molecule has 0 saturated heterocycles. The van der Waals surface area contributed by atoms with Gasteiger partial charge in [0.15, 0.2) is 4.33 Å². The number of hydrogen-bond donors (Lipinski definition) is 0. The maximum absolute atomic E-state index is 13.8. The Labute approximate surface area is 129 Å². The molecule has 0 amide bonds. The third-order valence-corrected chi connectivity index (χ3v) is 3.76. The smallest absolute Gasteiger partial charge is 0.258 e. The van der Waals surface area contributed by atoms with Crippen molar-refractivity contribution in [2.75, 3.05) is 0 Å². The topological polar surface area (TPSA) is 43.1 Å². The van der Waals surface area contributed by atoms with E-state index in [-0.39, 0.29) is 21.8 Å². The van der Waals surface area contributed by atoms with Gasteiger partial charge in [0.05, 0.1) is 10.5 Å². The molecule has 0 radical (unpaired) electrons. The summed E-state index contributed by atoms with van der Waals surface area (Å²) in [7, 11) is 0. The Kier molecular flexibility index (Phi) is 4.18. The molecular weight excluding hydrogens is 328 g/mol. The molecule has 0 saturated carbocycles. The Morgan fingerprint density at radius 3 is 2.35 bits per heavy atom. The average molecular weight is 335 g/mol. The molecule has 20 heavy (non-hydrogen) atoms. The van der Waals surface area contributed by atoms with Crippen molar-refractivity contribution >= 4 is 40.5 Å². The molecule has 0 unspecified atom stereocenters. The van der Waals surface area contributed by atoms with E-state index in [0.717, 1.165) is 6.07 Å². The van der Waals surface area contributed by atoms with Gasteiger partial charge in [-0.3, -0.25) is 10.1 Å². The van der Waals surface area contributed by atoms with Gasteiger partial charge < -0.3 is 0 Å². The number of nitro benzene ring substituents is 1. The highest BCUT2D eigenvalue weighted by Crippen LogP contribution is 2.46. The van der Waals surface area contributed by atoms with E-state index in [1.807, 2.05) is 0 Å². The van der Waals surface area contributed by atoms with Gasteiger partial charge in [-0.2, -0.15) is 0 Å². The molecule has 2 aromatic rings. The predicted molar refractivity (Wildman–Crippen MR) is 77.0 cm³/mol. The number of alkyl halides is 2. The van der Waals surface area contributed by atoms with E-state index >= 15 is 0 Å². The fourth-order valence-corrected chi connectivity index (χ4v) is 2.57. The van der Waals surface area contributed by atoms with Crippen LogP contribution in [-0.4, -0.2) is 4.92 Å². The zero-order chi connectivity index (χ0) is 14.9. The molecule has 0 atom stereocenters. The van der Waals surface area contributed by atoms with Crippen LogP contribution in [0.3, 0.4) is 0 Å². The summed E-state index contributed by atoms with van der Waals surface area (Å²) in [6.07, 6.45) is 0. The first kappa shape index (κ1) is 15.0. The highest BCUT2D eigenvalue weighted by molar-refractivity contribution is 6.50. The Bertz CT molecular complexity index is 676. The largest absolute Gasteiger partial charge is 0.277 e. The third-order valence-electron chi connectivity index (χ3n) is 2.71. The Balaban J connectivity index is 2.66. The minimum absolute atomic E-state index is 0.0414. The van der Waals surface area contributed by atoms with E-state index in [0.29, 0.717) is 0 Å². The van der Waals surface area contributed by atoms with E-state index in [1.54, 1.807) is 6.07 Å². The van der Waals surface area contributed by atoms with Gasteiger partial charge in [-0.15, -0.1) is 0 Å². The Hall–Kier alpha value is -1.36. The molecule has 2 rings (SSSR count). The van der Waals surface area contributed by atoms with Crippen LogP contribution in [0.1, 0.15) is 11.1 Å². The van der Waals surface area contributed by atoms with Crippen LogP contribution >= 0.6 is 34.8 Å². The van der Waals surface area contributed by atoms with Gasteiger partial charge in [-0.25, -0.2) is 4.39 Å². The second-order valence-corrected chi connectivity index (χ2v) is 5.74. The van der Waals surface area contributed by atoms with E-state index in [2.05, 4.69) is 0 Å². The van der Waals surface area contributed by atoms with Crippen LogP contribution in [0.25, 0.3) is 0 Å². The summed E-state index contributed by atoms with van der Waals surface area (Å²) in [6.45, 7) is 0. The molecule has 0 N–H and O–H groups in total. The van der Waals surface area contributed by atoms with Gasteiger partial charge in [0.25, 0.3) is 5.69 Å². The molecule has 0 bridgehead atoms. The fraction of sp³-hybridized carbons (Fsp3) is 0.0769. The van der Waals surface area contributed by atoms with E-state index in [9.17, 15) is 14.5 Å². The molecule has 3 nitrogen and oxygen atoms in total. The van der Waals surface area contributed by atoms with Crippen molar-refractivity contribution in [3.05, 3.63) is 74.5 Å². The van der Waals surface area contributed by atoms with Gasteiger partial charge in [-0.1, -0.05) is 53.0 Å². The van der Waals surface area contributed by atoms with Crippen LogP contribution in [0.15, 0.2) is 42.5 Å². The lowest BCUT2D eigenvalue weighted by Gasteiger charge is -2.21. The second-order valence-electron chi connectivity index (χ2n) is 3.97. The van der Waals surface area contributed by atoms with Crippen molar-refractivity contribution in [3.63, 3.8) is 0 Å². The summed E-state index contributed by atoms with van der Waals surface area (Å²) in [6, 6.07) is 9.40. The zero-order valence-corrected chi connectivity index (χ0v) is 12.1. The molecule has 0 fully saturated rings. The highest BCUT2D eigenvalue weighted by Gasteiger charge is 2.37. The van der Waals surface area contributed by atoms with E-state index in [4.69, 9.17) is 34.8 Å². The van der Waals surface area contributed by atoms with Crippen LogP contribution in [0, 0.1) is 15.9 Å². The lowest BCUT2D eigenvalue weighted by molar-refractivity contribution is -0.385. The maximum atomic E-state index is 13.8. The summed E-state index contributed by atoms with van der Waals surface area (Å²) >= 11 is 18.1. The molecule has 2 aromatic carbocycles. The second kappa shape index (κ2) is 5.56. The number of nitrogens with zero attached hydrogens (tertiary/aromatic N) is 1. The summed E-state index contributed by atoms with van der Waals surface area (Å²) in [5.41, 5.74) is -0.472. The third kappa shape index (κ3) is 2.73. The first-order valence-corrected chi connectivity index (χ1v) is 6.54. The molecule has 0 aliphatic carbocycles. The van der Waals surface area contributed by atoms with Crippen molar-refractivity contribution in [2.24, 2.45) is 0 Å². The molecule has 0 aliphatic rings. The number of hydrogen-bond acceptors (Lipinski definition) is 2. The van der Waals surface area contributed by atoms with Crippen molar-refractivity contribution in [1.29, 1.82) is 0 Å². The van der Waals surface area contributed by atoms with Gasteiger partial charge in [0.2, 0.25) is 0 Å². The van der Waals surface area contributed by atoms with E-state index in [1.165, 1.54) is 30.3 Å². The van der Waals surface area contributed by atoms with E-state index < -0.39 is 15.1 Å². The molecule has 0 heterocycles. The number of halogens is 4. The molecule has 0 aliphatic heterocycles. The van der Waals surface area contributed by atoms with Crippen molar-refractivity contribution < 1.29 is 9.31 Å².